The highest BCUT2D eigenvalue weighted by molar-refractivity contribution is 7.90. The fraction of sp³-hybridized carbons (Fsp3) is 0.320. The summed E-state index contributed by atoms with van der Waals surface area (Å²) in [5, 5.41) is 0. The predicted octanol–water partition coefficient (Wildman–Crippen LogP) is 2.47. The van der Waals surface area contributed by atoms with Crippen LogP contribution in [0.4, 0.5) is 11.5 Å². The van der Waals surface area contributed by atoms with Crippen LogP contribution in [0.5, 0.6) is 5.75 Å². The van der Waals surface area contributed by atoms with Crippen LogP contribution in [-0.4, -0.2) is 67.2 Å². The van der Waals surface area contributed by atoms with Crippen molar-refractivity contribution in [2.24, 2.45) is 0 Å². The molecule has 2 aliphatic rings. The zero-order valence-corrected chi connectivity index (χ0v) is 21.9. The van der Waals surface area contributed by atoms with Crippen molar-refractivity contribution in [1.82, 2.24) is 14.9 Å². The molecule has 9 nitrogen and oxygen atoms in total. The van der Waals surface area contributed by atoms with E-state index in [1.54, 1.807) is 38.4 Å². The lowest BCUT2D eigenvalue weighted by atomic mass is 10.1. The zero-order valence-electron chi connectivity index (χ0n) is 20.2. The molecule has 5 rings (SSSR count). The first-order chi connectivity index (χ1) is 17.1. The van der Waals surface area contributed by atoms with Crippen LogP contribution >= 0.6 is 0 Å². The van der Waals surface area contributed by atoms with Crippen LogP contribution in [-0.2, 0) is 43.7 Å². The zero-order chi connectivity index (χ0) is 25.6. The first kappa shape index (κ1) is 24.5. The molecule has 36 heavy (non-hydrogen) atoms. The average Bonchev–Trinajstić information content (AvgIpc) is 3.43. The Hall–Kier alpha value is -3.15. The number of rotatable bonds is 6. The summed E-state index contributed by atoms with van der Waals surface area (Å²) < 4.78 is 42.4. The molecule has 1 amide bonds. The molecule has 1 aromatic heterocycles. The number of carbonyl (C=O) groups is 1. The summed E-state index contributed by atoms with van der Waals surface area (Å²) in [6.45, 7) is 0.614. The molecule has 0 fully saturated rings. The number of anilines is 2. The van der Waals surface area contributed by atoms with Crippen molar-refractivity contribution in [3.8, 4) is 17.1 Å². The minimum absolute atomic E-state index is 0.0610. The van der Waals surface area contributed by atoms with Crippen LogP contribution in [0.2, 0.25) is 0 Å². The van der Waals surface area contributed by atoms with Gasteiger partial charge in [-0.3, -0.25) is 4.79 Å². The normalized spacial score (nSPS) is 16.6. The van der Waals surface area contributed by atoms with Gasteiger partial charge in [0.05, 0.1) is 10.5 Å². The van der Waals surface area contributed by atoms with E-state index in [0.29, 0.717) is 41.0 Å². The second-order valence-corrected chi connectivity index (χ2v) is 12.6. The van der Waals surface area contributed by atoms with Crippen LogP contribution in [0, 0.1) is 0 Å². The number of fused-ring (bicyclic) bond motifs is 2. The molecule has 2 aromatic carbocycles. The van der Waals surface area contributed by atoms with Gasteiger partial charge in [0.1, 0.15) is 28.8 Å². The quantitative estimate of drug-likeness (QED) is 0.450. The highest BCUT2D eigenvalue weighted by Gasteiger charge is 2.34. The van der Waals surface area contributed by atoms with E-state index in [-0.39, 0.29) is 17.4 Å². The summed E-state index contributed by atoms with van der Waals surface area (Å²) in [6.07, 6.45) is 1.96. The summed E-state index contributed by atoms with van der Waals surface area (Å²) in [4.78, 5) is 25.2. The Kier molecular flexibility index (Phi) is 6.39. The van der Waals surface area contributed by atoms with Gasteiger partial charge in [0, 0.05) is 44.2 Å². The average molecular weight is 527 g/mol. The summed E-state index contributed by atoms with van der Waals surface area (Å²) in [5.74, 6) is 2.21. The van der Waals surface area contributed by atoms with Gasteiger partial charge >= 0.3 is 0 Å². The number of ether oxygens (including phenoxy) is 1. The van der Waals surface area contributed by atoms with Gasteiger partial charge in [-0.2, -0.15) is 0 Å². The summed E-state index contributed by atoms with van der Waals surface area (Å²) >= 11 is -1.08. The van der Waals surface area contributed by atoms with E-state index in [2.05, 4.69) is 9.88 Å². The van der Waals surface area contributed by atoms with Crippen molar-refractivity contribution >= 4 is 38.4 Å². The Morgan fingerprint density at radius 2 is 1.97 bits per heavy atom. The molecule has 0 saturated carbocycles. The number of aromatic nitrogens is 2. The molecule has 1 atom stereocenters. The molecule has 3 aromatic rings. The Labute approximate surface area is 213 Å². The van der Waals surface area contributed by atoms with E-state index < -0.39 is 21.0 Å². The number of hydrogen-bond donors (Lipinski definition) is 0. The number of nitrogens with zero attached hydrogens (tertiary/aromatic N) is 4. The van der Waals surface area contributed by atoms with Crippen LogP contribution in [0.1, 0.15) is 16.8 Å². The maximum atomic E-state index is 12.5. The summed E-state index contributed by atoms with van der Waals surface area (Å²) in [7, 11) is -0.0377. The molecule has 2 aliphatic heterocycles. The molecule has 0 bridgehead atoms. The van der Waals surface area contributed by atoms with Crippen molar-refractivity contribution in [3.63, 3.8) is 0 Å². The minimum Gasteiger partial charge on any atom is -0.616 e. The topological polar surface area (TPSA) is 116 Å². The third-order valence-electron chi connectivity index (χ3n) is 6.26. The number of sulfone groups is 1. The standard InChI is InChI=1S/C25H26N4O5S2/c1-28(2)23(30)13-34-18-8-7-16-9-10-29(22(16)12-18)25-20-14-35(31)15-21(20)26-24(27-25)17-5-4-6-19(11-17)36(3,32)33/h4-8,11-12H,9-10,13-15H2,1-3H3. The molecule has 0 radical (unpaired) electrons. The van der Waals surface area contributed by atoms with Gasteiger partial charge in [0.15, 0.2) is 22.3 Å². The van der Waals surface area contributed by atoms with Gasteiger partial charge in [0.2, 0.25) is 0 Å². The molecule has 11 heteroatoms. The Balaban J connectivity index is 1.55. The van der Waals surface area contributed by atoms with Crippen molar-refractivity contribution in [1.29, 1.82) is 0 Å². The van der Waals surface area contributed by atoms with Gasteiger partial charge < -0.3 is 19.1 Å². The van der Waals surface area contributed by atoms with Crippen molar-refractivity contribution in [3.05, 3.63) is 59.3 Å². The summed E-state index contributed by atoms with van der Waals surface area (Å²) in [5.41, 5.74) is 4.18. The fourth-order valence-electron chi connectivity index (χ4n) is 4.31. The Morgan fingerprint density at radius 3 is 2.72 bits per heavy atom. The molecule has 0 spiro atoms. The van der Waals surface area contributed by atoms with E-state index in [1.807, 2.05) is 18.2 Å². The van der Waals surface area contributed by atoms with E-state index in [1.165, 1.54) is 4.90 Å². The lowest BCUT2D eigenvalue weighted by molar-refractivity contribution is -0.130. The number of amides is 1. The Morgan fingerprint density at radius 1 is 1.17 bits per heavy atom. The molecule has 0 aliphatic carbocycles. The van der Waals surface area contributed by atoms with E-state index in [9.17, 15) is 17.8 Å². The first-order valence-corrected chi connectivity index (χ1v) is 14.8. The molecular formula is C25H26N4O5S2. The molecule has 0 saturated heterocycles. The second-order valence-electron chi connectivity index (χ2n) is 9.09. The number of benzene rings is 2. The number of carbonyl (C=O) groups excluding carboxylic acids is 1. The highest BCUT2D eigenvalue weighted by atomic mass is 32.2. The van der Waals surface area contributed by atoms with Crippen LogP contribution in [0.25, 0.3) is 11.4 Å². The van der Waals surface area contributed by atoms with Gasteiger partial charge in [-0.1, -0.05) is 18.2 Å². The largest absolute Gasteiger partial charge is 0.616 e. The molecule has 188 valence electrons. The molecular weight excluding hydrogens is 500 g/mol. The predicted molar refractivity (Wildman–Crippen MR) is 137 cm³/mol. The fourth-order valence-corrected chi connectivity index (χ4v) is 6.24. The lowest BCUT2D eigenvalue weighted by Crippen LogP contribution is -2.27. The molecule has 1 unspecified atom stereocenters. The van der Waals surface area contributed by atoms with E-state index in [4.69, 9.17) is 9.72 Å². The Bertz CT molecular complexity index is 1460. The number of hydrogen-bond acceptors (Lipinski definition) is 8. The van der Waals surface area contributed by atoms with E-state index >= 15 is 0 Å². The highest BCUT2D eigenvalue weighted by Crippen LogP contribution is 2.41. The molecule has 3 heterocycles. The molecule has 0 N–H and O–H groups in total. The van der Waals surface area contributed by atoms with Crippen molar-refractivity contribution in [2.45, 2.75) is 22.8 Å². The third-order valence-corrected chi connectivity index (χ3v) is 8.58. The summed E-state index contributed by atoms with van der Waals surface area (Å²) in [6, 6.07) is 12.3. The van der Waals surface area contributed by atoms with Crippen LogP contribution in [0.15, 0.2) is 47.4 Å². The van der Waals surface area contributed by atoms with Gasteiger partial charge in [-0.25, -0.2) is 18.4 Å². The van der Waals surface area contributed by atoms with Crippen molar-refractivity contribution < 1.29 is 22.5 Å². The first-order valence-electron chi connectivity index (χ1n) is 11.4. The van der Waals surface area contributed by atoms with Gasteiger partial charge in [0.25, 0.3) is 5.91 Å². The van der Waals surface area contributed by atoms with E-state index in [0.717, 1.165) is 35.2 Å². The van der Waals surface area contributed by atoms with Crippen LogP contribution < -0.4 is 9.64 Å². The lowest BCUT2D eigenvalue weighted by Gasteiger charge is -2.22. The monoisotopic (exact) mass is 526 g/mol. The maximum Gasteiger partial charge on any atom is 0.259 e. The van der Waals surface area contributed by atoms with Crippen molar-refractivity contribution in [2.75, 3.05) is 38.4 Å². The van der Waals surface area contributed by atoms with Crippen LogP contribution in [0.3, 0.4) is 0 Å². The maximum absolute atomic E-state index is 12.5. The van der Waals surface area contributed by atoms with Gasteiger partial charge in [-0.15, -0.1) is 0 Å². The third kappa shape index (κ3) is 4.78. The second kappa shape index (κ2) is 9.38. The smallest absolute Gasteiger partial charge is 0.259 e. The van der Waals surface area contributed by atoms with Gasteiger partial charge in [-0.05, 0) is 41.4 Å². The SMILES string of the molecule is CN(C)C(=O)COc1ccc2c(c1)N(c1nc(-c3cccc(S(C)(=O)=O)c3)nc3c1C[S+]([O-])C3)CC2. The minimum atomic E-state index is -3.40. The number of likely N-dealkylation sites (N-methyl/N-ethyl adjacent to an activating group) is 1.